The zero-order valence-electron chi connectivity index (χ0n) is 18.7. The van der Waals surface area contributed by atoms with Crippen LogP contribution in [0.4, 0.5) is 0 Å². The van der Waals surface area contributed by atoms with Gasteiger partial charge in [0.2, 0.25) is 0 Å². The maximum Gasteiger partial charge on any atom is 0.162 e. The van der Waals surface area contributed by atoms with Crippen molar-refractivity contribution < 1.29 is 29.2 Å². The fraction of sp³-hybridized carbons (Fsp3) is 0.231. The SMILES string of the molecule is COc1cc(/C=C/C(O)c2cc(OCc3ccccc3)c(OC)cc2Br)c(CO)cc1OC. The zero-order chi connectivity index (χ0) is 23.8. The molecule has 0 aromatic heterocycles. The molecule has 3 aromatic carbocycles. The second-order valence-electron chi connectivity index (χ2n) is 7.17. The van der Waals surface area contributed by atoms with Crippen LogP contribution in [0.25, 0.3) is 6.08 Å². The molecule has 1 unspecified atom stereocenters. The Balaban J connectivity index is 1.87. The molecule has 0 bridgehead atoms. The van der Waals surface area contributed by atoms with Gasteiger partial charge in [0.25, 0.3) is 0 Å². The van der Waals surface area contributed by atoms with E-state index in [4.69, 9.17) is 18.9 Å². The Kier molecular flexibility index (Phi) is 8.77. The van der Waals surface area contributed by atoms with Gasteiger partial charge in [0.1, 0.15) is 6.61 Å². The molecule has 3 rings (SSSR count). The summed E-state index contributed by atoms with van der Waals surface area (Å²) in [5.41, 5.74) is 2.99. The van der Waals surface area contributed by atoms with Crippen LogP contribution in [0.5, 0.6) is 23.0 Å². The van der Waals surface area contributed by atoms with Crippen LogP contribution in [0, 0.1) is 0 Å². The van der Waals surface area contributed by atoms with Crippen molar-refractivity contribution in [2.45, 2.75) is 19.3 Å². The van der Waals surface area contributed by atoms with Crippen molar-refractivity contribution in [3.63, 3.8) is 0 Å². The van der Waals surface area contributed by atoms with Crippen LogP contribution in [0.2, 0.25) is 0 Å². The Hall–Kier alpha value is -3.00. The van der Waals surface area contributed by atoms with Gasteiger partial charge in [-0.05, 0) is 41.0 Å². The summed E-state index contributed by atoms with van der Waals surface area (Å²) in [5, 5.41) is 20.6. The standard InChI is InChI=1S/C26H27BrO6/c1-30-23-11-18(19(15-28)12-24(23)31-2)9-10-22(29)20-13-26(25(32-3)14-21(20)27)33-16-17-7-5-4-6-8-17/h4-14,22,28-29H,15-16H2,1-3H3/b10-9+. The van der Waals surface area contributed by atoms with E-state index < -0.39 is 6.10 Å². The van der Waals surface area contributed by atoms with Gasteiger partial charge in [-0.3, -0.25) is 0 Å². The molecule has 174 valence electrons. The summed E-state index contributed by atoms with van der Waals surface area (Å²) in [5.74, 6) is 2.14. The maximum atomic E-state index is 10.9. The third kappa shape index (κ3) is 6.07. The van der Waals surface area contributed by atoms with E-state index >= 15 is 0 Å². The first-order valence-electron chi connectivity index (χ1n) is 10.3. The molecule has 0 heterocycles. The molecular formula is C26H27BrO6. The first kappa shape index (κ1) is 24.6. The van der Waals surface area contributed by atoms with Gasteiger partial charge in [0.15, 0.2) is 23.0 Å². The highest BCUT2D eigenvalue weighted by atomic mass is 79.9. The molecule has 6 nitrogen and oxygen atoms in total. The zero-order valence-corrected chi connectivity index (χ0v) is 20.3. The van der Waals surface area contributed by atoms with Crippen molar-refractivity contribution in [3.05, 3.63) is 87.4 Å². The van der Waals surface area contributed by atoms with E-state index in [2.05, 4.69) is 15.9 Å². The van der Waals surface area contributed by atoms with Crippen molar-refractivity contribution in [2.75, 3.05) is 21.3 Å². The average Bonchev–Trinajstić information content (AvgIpc) is 2.86. The number of benzene rings is 3. The third-order valence-corrected chi connectivity index (χ3v) is 5.80. The minimum absolute atomic E-state index is 0.181. The first-order valence-corrected chi connectivity index (χ1v) is 11.1. The number of hydrogen-bond donors (Lipinski definition) is 2. The number of ether oxygens (including phenoxy) is 4. The minimum atomic E-state index is -0.941. The van der Waals surface area contributed by atoms with Crippen molar-refractivity contribution in [3.8, 4) is 23.0 Å². The Morgan fingerprint density at radius 1 is 0.879 bits per heavy atom. The average molecular weight is 515 g/mol. The van der Waals surface area contributed by atoms with Gasteiger partial charge in [0, 0.05) is 10.0 Å². The molecule has 33 heavy (non-hydrogen) atoms. The van der Waals surface area contributed by atoms with E-state index in [0.29, 0.717) is 50.8 Å². The van der Waals surface area contributed by atoms with Gasteiger partial charge in [-0.1, -0.05) is 58.4 Å². The maximum absolute atomic E-state index is 10.9. The molecule has 0 fully saturated rings. The molecular weight excluding hydrogens is 488 g/mol. The molecule has 0 radical (unpaired) electrons. The van der Waals surface area contributed by atoms with Crippen LogP contribution >= 0.6 is 15.9 Å². The van der Waals surface area contributed by atoms with Crippen LogP contribution in [-0.4, -0.2) is 31.5 Å². The number of halogens is 1. The topological polar surface area (TPSA) is 77.4 Å². The monoisotopic (exact) mass is 514 g/mol. The van der Waals surface area contributed by atoms with E-state index in [0.717, 1.165) is 5.56 Å². The van der Waals surface area contributed by atoms with Crippen molar-refractivity contribution in [2.24, 2.45) is 0 Å². The summed E-state index contributed by atoms with van der Waals surface area (Å²) in [7, 11) is 4.65. The summed E-state index contributed by atoms with van der Waals surface area (Å²) >= 11 is 3.51. The Morgan fingerprint density at radius 2 is 1.52 bits per heavy atom. The molecule has 0 aliphatic rings. The fourth-order valence-corrected chi connectivity index (χ4v) is 3.87. The summed E-state index contributed by atoms with van der Waals surface area (Å²) in [4.78, 5) is 0. The van der Waals surface area contributed by atoms with Gasteiger partial charge in [0.05, 0.1) is 34.0 Å². The van der Waals surface area contributed by atoms with Crippen LogP contribution < -0.4 is 18.9 Å². The molecule has 0 spiro atoms. The fourth-order valence-electron chi connectivity index (χ4n) is 3.31. The Bertz CT molecular complexity index is 1100. The molecule has 0 aliphatic carbocycles. The lowest BCUT2D eigenvalue weighted by Crippen LogP contribution is -2.01. The molecule has 0 saturated heterocycles. The molecule has 0 amide bonds. The molecule has 0 saturated carbocycles. The van der Waals surface area contributed by atoms with E-state index in [1.807, 2.05) is 30.3 Å². The molecule has 1 atom stereocenters. The molecule has 0 aliphatic heterocycles. The summed E-state index contributed by atoms with van der Waals surface area (Å²) in [6, 6.07) is 16.8. The van der Waals surface area contributed by atoms with Crippen molar-refractivity contribution in [1.29, 1.82) is 0 Å². The smallest absolute Gasteiger partial charge is 0.162 e. The second kappa shape index (κ2) is 11.7. The second-order valence-corrected chi connectivity index (χ2v) is 8.02. The number of methoxy groups -OCH3 is 3. The highest BCUT2D eigenvalue weighted by Gasteiger charge is 2.16. The minimum Gasteiger partial charge on any atom is -0.493 e. The highest BCUT2D eigenvalue weighted by molar-refractivity contribution is 9.10. The lowest BCUT2D eigenvalue weighted by Gasteiger charge is -2.16. The lowest BCUT2D eigenvalue weighted by molar-refractivity contribution is 0.226. The lowest BCUT2D eigenvalue weighted by atomic mass is 10.0. The van der Waals surface area contributed by atoms with Gasteiger partial charge in [-0.15, -0.1) is 0 Å². The summed E-state index contributed by atoms with van der Waals surface area (Å²) in [6.07, 6.45) is 2.43. The number of rotatable bonds is 10. The van der Waals surface area contributed by atoms with Crippen LogP contribution in [0.3, 0.4) is 0 Å². The van der Waals surface area contributed by atoms with Gasteiger partial charge >= 0.3 is 0 Å². The molecule has 3 aromatic rings. The van der Waals surface area contributed by atoms with Gasteiger partial charge in [-0.2, -0.15) is 0 Å². The third-order valence-electron chi connectivity index (χ3n) is 5.11. The van der Waals surface area contributed by atoms with Gasteiger partial charge < -0.3 is 29.2 Å². The predicted octanol–water partition coefficient (Wildman–Crippen LogP) is 5.29. The van der Waals surface area contributed by atoms with Crippen LogP contribution in [0.15, 0.2) is 65.1 Å². The number of hydrogen-bond acceptors (Lipinski definition) is 6. The normalized spacial score (nSPS) is 11.9. The summed E-state index contributed by atoms with van der Waals surface area (Å²) in [6.45, 7) is 0.190. The predicted molar refractivity (Wildman–Crippen MR) is 131 cm³/mol. The van der Waals surface area contributed by atoms with E-state index in [-0.39, 0.29) is 6.61 Å². The van der Waals surface area contributed by atoms with E-state index in [9.17, 15) is 10.2 Å². The quantitative estimate of drug-likeness (QED) is 0.382. The largest absolute Gasteiger partial charge is 0.493 e. The number of aliphatic hydroxyl groups is 2. The Morgan fingerprint density at radius 3 is 2.15 bits per heavy atom. The molecule has 2 N–H and O–H groups in total. The first-order chi connectivity index (χ1) is 16.0. The molecule has 7 heteroatoms. The Labute approximate surface area is 202 Å². The van der Waals surface area contributed by atoms with Crippen molar-refractivity contribution in [1.82, 2.24) is 0 Å². The van der Waals surface area contributed by atoms with Crippen molar-refractivity contribution >= 4 is 22.0 Å². The van der Waals surface area contributed by atoms with Crippen LogP contribution in [-0.2, 0) is 13.2 Å². The van der Waals surface area contributed by atoms with Gasteiger partial charge in [-0.25, -0.2) is 0 Å². The van der Waals surface area contributed by atoms with Crippen LogP contribution in [0.1, 0.15) is 28.4 Å². The summed E-state index contributed by atoms with van der Waals surface area (Å²) < 4.78 is 22.7. The van der Waals surface area contributed by atoms with E-state index in [1.54, 1.807) is 50.6 Å². The highest BCUT2D eigenvalue weighted by Crippen LogP contribution is 2.38. The number of aliphatic hydroxyl groups excluding tert-OH is 2. The van der Waals surface area contributed by atoms with E-state index in [1.165, 1.54) is 7.11 Å².